The van der Waals surface area contributed by atoms with Gasteiger partial charge in [0, 0.05) is 30.9 Å². The fourth-order valence-corrected chi connectivity index (χ4v) is 2.81. The molecule has 0 aliphatic heterocycles. The lowest BCUT2D eigenvalue weighted by Crippen LogP contribution is -2.17. The van der Waals surface area contributed by atoms with E-state index in [9.17, 15) is 4.79 Å². The van der Waals surface area contributed by atoms with Gasteiger partial charge >= 0.3 is 0 Å². The number of nitrogens with zero attached hydrogens (tertiary/aromatic N) is 6. The second kappa shape index (κ2) is 8.60. The lowest BCUT2D eigenvalue weighted by atomic mass is 10.1. The molecule has 4 N–H and O–H groups in total. The van der Waals surface area contributed by atoms with E-state index in [1.54, 1.807) is 53.9 Å². The standard InChI is InChI=1S/C20H25N9O/c1-6-13(19(30)25-16-8-9-22-28(16)5)10-15(12(3)4)24-17-14-11-23-29(7-2)18(14)27-20(21)26-17/h6,8-11H,3,7H2,1-2,4-5H3,(H,25,30)(H3,21,24,26,27)/b13-6+,15-10+. The summed E-state index contributed by atoms with van der Waals surface area (Å²) < 4.78 is 3.32. The maximum Gasteiger partial charge on any atom is 0.256 e. The minimum atomic E-state index is -0.271. The normalized spacial score (nSPS) is 12.3. The number of hydrogen-bond acceptors (Lipinski definition) is 7. The number of aryl methyl sites for hydroxylation is 2. The zero-order valence-electron chi connectivity index (χ0n) is 17.5. The second-order valence-corrected chi connectivity index (χ2v) is 6.63. The average molecular weight is 407 g/mol. The van der Waals surface area contributed by atoms with Gasteiger partial charge in [0.2, 0.25) is 5.95 Å². The maximum absolute atomic E-state index is 12.7. The van der Waals surface area contributed by atoms with Gasteiger partial charge in [0.15, 0.2) is 5.65 Å². The van der Waals surface area contributed by atoms with Crippen LogP contribution in [0.4, 0.5) is 17.6 Å². The van der Waals surface area contributed by atoms with Crippen LogP contribution in [0.15, 0.2) is 54.0 Å². The van der Waals surface area contributed by atoms with Crippen LogP contribution in [-0.2, 0) is 18.4 Å². The zero-order valence-corrected chi connectivity index (χ0v) is 17.5. The highest BCUT2D eigenvalue weighted by molar-refractivity contribution is 6.05. The molecule has 0 atom stereocenters. The van der Waals surface area contributed by atoms with Crippen molar-refractivity contribution in [3.05, 3.63) is 54.0 Å². The highest BCUT2D eigenvalue weighted by Gasteiger charge is 2.15. The predicted molar refractivity (Wildman–Crippen MR) is 118 cm³/mol. The van der Waals surface area contributed by atoms with E-state index in [-0.39, 0.29) is 11.9 Å². The second-order valence-electron chi connectivity index (χ2n) is 6.63. The number of allylic oxidation sites excluding steroid dienone is 2. The number of aromatic nitrogens is 6. The van der Waals surface area contributed by atoms with Gasteiger partial charge in [0.05, 0.1) is 17.8 Å². The Labute approximate surface area is 174 Å². The first kappa shape index (κ1) is 20.8. The fraction of sp³-hybridized carbons (Fsp3) is 0.250. The molecule has 3 aromatic heterocycles. The molecule has 0 aliphatic carbocycles. The summed E-state index contributed by atoms with van der Waals surface area (Å²) in [4.78, 5) is 21.3. The van der Waals surface area contributed by atoms with E-state index in [1.807, 2.05) is 13.8 Å². The van der Waals surface area contributed by atoms with E-state index in [2.05, 4.69) is 37.4 Å². The lowest BCUT2D eigenvalue weighted by Gasteiger charge is -2.13. The van der Waals surface area contributed by atoms with Crippen LogP contribution in [0.25, 0.3) is 11.0 Å². The van der Waals surface area contributed by atoms with Crippen molar-refractivity contribution in [1.82, 2.24) is 29.5 Å². The summed E-state index contributed by atoms with van der Waals surface area (Å²) in [7, 11) is 1.75. The molecule has 1 amide bonds. The van der Waals surface area contributed by atoms with Crippen LogP contribution in [0.2, 0.25) is 0 Å². The number of nitrogens with one attached hydrogen (secondary N) is 2. The number of fused-ring (bicyclic) bond motifs is 1. The van der Waals surface area contributed by atoms with Crippen LogP contribution >= 0.6 is 0 Å². The maximum atomic E-state index is 12.7. The summed E-state index contributed by atoms with van der Waals surface area (Å²) in [6, 6.07) is 1.72. The van der Waals surface area contributed by atoms with Crippen molar-refractivity contribution in [2.24, 2.45) is 7.05 Å². The minimum Gasteiger partial charge on any atom is -0.368 e. The van der Waals surface area contributed by atoms with Crippen molar-refractivity contribution in [3.63, 3.8) is 0 Å². The molecule has 0 unspecified atom stereocenters. The Morgan fingerprint density at radius 1 is 1.30 bits per heavy atom. The van der Waals surface area contributed by atoms with Gasteiger partial charge in [-0.25, -0.2) is 4.68 Å². The topological polar surface area (TPSA) is 129 Å². The number of anilines is 3. The van der Waals surface area contributed by atoms with Gasteiger partial charge in [0.25, 0.3) is 5.91 Å². The molecule has 0 aliphatic rings. The summed E-state index contributed by atoms with van der Waals surface area (Å²) in [5.74, 6) is 0.943. The third-order valence-electron chi connectivity index (χ3n) is 4.46. The third kappa shape index (κ3) is 4.22. The summed E-state index contributed by atoms with van der Waals surface area (Å²) in [5.41, 5.74) is 8.31. The van der Waals surface area contributed by atoms with Crippen molar-refractivity contribution < 1.29 is 4.79 Å². The molecule has 0 spiro atoms. The van der Waals surface area contributed by atoms with E-state index in [4.69, 9.17) is 5.73 Å². The molecule has 0 aromatic carbocycles. The molecule has 0 saturated heterocycles. The highest BCUT2D eigenvalue weighted by Crippen LogP contribution is 2.24. The number of nitrogen functional groups attached to an aromatic ring is 1. The Balaban J connectivity index is 1.94. The summed E-state index contributed by atoms with van der Waals surface area (Å²) in [6.07, 6.45) is 6.73. The Morgan fingerprint density at radius 3 is 2.67 bits per heavy atom. The van der Waals surface area contributed by atoms with Gasteiger partial charge in [0.1, 0.15) is 11.6 Å². The Bertz CT molecular complexity index is 1170. The summed E-state index contributed by atoms with van der Waals surface area (Å²) in [6.45, 7) is 10.3. The van der Waals surface area contributed by atoms with E-state index in [0.29, 0.717) is 35.1 Å². The highest BCUT2D eigenvalue weighted by atomic mass is 16.1. The predicted octanol–water partition coefficient (Wildman–Crippen LogP) is 2.62. The molecular weight excluding hydrogens is 382 g/mol. The van der Waals surface area contributed by atoms with Crippen molar-refractivity contribution in [2.75, 3.05) is 16.4 Å². The number of nitrogens with two attached hydrogens (primary N) is 1. The Kier molecular flexibility index (Phi) is 5.95. The van der Waals surface area contributed by atoms with Crippen LogP contribution in [-0.4, -0.2) is 35.4 Å². The third-order valence-corrected chi connectivity index (χ3v) is 4.46. The van der Waals surface area contributed by atoms with Gasteiger partial charge in [-0.05, 0) is 32.4 Å². The summed E-state index contributed by atoms with van der Waals surface area (Å²) >= 11 is 0. The number of amides is 1. The number of carbonyl (C=O) groups excluding carboxylic acids is 1. The molecule has 10 heteroatoms. The first-order valence-electron chi connectivity index (χ1n) is 9.43. The lowest BCUT2D eigenvalue weighted by molar-refractivity contribution is -0.112. The molecule has 3 heterocycles. The quantitative estimate of drug-likeness (QED) is 0.405. The van der Waals surface area contributed by atoms with E-state index in [0.717, 1.165) is 11.0 Å². The monoisotopic (exact) mass is 407 g/mol. The molecule has 0 fully saturated rings. The molecular formula is C20H25N9O. The van der Waals surface area contributed by atoms with Crippen molar-refractivity contribution in [3.8, 4) is 0 Å². The molecule has 0 bridgehead atoms. The molecule has 3 rings (SSSR count). The van der Waals surface area contributed by atoms with Gasteiger partial charge < -0.3 is 16.4 Å². The Morgan fingerprint density at radius 2 is 2.07 bits per heavy atom. The average Bonchev–Trinajstić information content (AvgIpc) is 3.30. The SMILES string of the molecule is C=C(C)/C(=C\C(=C/C)C(=O)Nc1ccnn1C)Nc1nc(N)nc2c1cnn2CC. The van der Waals surface area contributed by atoms with E-state index >= 15 is 0 Å². The molecule has 3 aromatic rings. The molecule has 0 saturated carbocycles. The number of carbonyl (C=O) groups is 1. The van der Waals surface area contributed by atoms with Crippen molar-refractivity contribution in [1.29, 1.82) is 0 Å². The first-order chi connectivity index (χ1) is 14.3. The molecule has 0 radical (unpaired) electrons. The van der Waals surface area contributed by atoms with Gasteiger partial charge in [-0.2, -0.15) is 20.2 Å². The molecule has 10 nitrogen and oxygen atoms in total. The number of rotatable bonds is 7. The van der Waals surface area contributed by atoms with Crippen LogP contribution in [0.3, 0.4) is 0 Å². The molecule has 156 valence electrons. The van der Waals surface area contributed by atoms with Crippen LogP contribution in [0.1, 0.15) is 20.8 Å². The largest absolute Gasteiger partial charge is 0.368 e. The van der Waals surface area contributed by atoms with Crippen molar-refractivity contribution in [2.45, 2.75) is 27.3 Å². The van der Waals surface area contributed by atoms with Crippen LogP contribution < -0.4 is 16.4 Å². The van der Waals surface area contributed by atoms with E-state index < -0.39 is 0 Å². The Hall–Kier alpha value is -3.95. The zero-order chi connectivity index (χ0) is 21.8. The fourth-order valence-electron chi connectivity index (χ4n) is 2.81. The number of hydrogen-bond donors (Lipinski definition) is 3. The smallest absolute Gasteiger partial charge is 0.256 e. The van der Waals surface area contributed by atoms with Crippen LogP contribution in [0.5, 0.6) is 0 Å². The van der Waals surface area contributed by atoms with Crippen molar-refractivity contribution >= 4 is 34.5 Å². The summed E-state index contributed by atoms with van der Waals surface area (Å²) in [5, 5.41) is 15.2. The first-order valence-corrected chi connectivity index (χ1v) is 9.43. The molecule has 30 heavy (non-hydrogen) atoms. The van der Waals surface area contributed by atoms with Gasteiger partial charge in [-0.1, -0.05) is 12.7 Å². The van der Waals surface area contributed by atoms with Crippen LogP contribution in [0, 0.1) is 0 Å². The van der Waals surface area contributed by atoms with Gasteiger partial charge in [-0.3, -0.25) is 9.48 Å². The van der Waals surface area contributed by atoms with E-state index in [1.165, 1.54) is 0 Å². The minimum absolute atomic E-state index is 0.126. The van der Waals surface area contributed by atoms with Gasteiger partial charge in [-0.15, -0.1) is 0 Å².